The van der Waals surface area contributed by atoms with Gasteiger partial charge in [0.25, 0.3) is 5.56 Å². The van der Waals surface area contributed by atoms with Gasteiger partial charge in [-0.2, -0.15) is 5.10 Å². The summed E-state index contributed by atoms with van der Waals surface area (Å²) in [6.07, 6.45) is 0.871. The molecule has 1 rings (SSSR count). The highest BCUT2D eigenvalue weighted by Gasteiger charge is 2.04. The van der Waals surface area contributed by atoms with Crippen LogP contribution in [0.2, 0.25) is 0 Å². The fraction of sp³-hybridized carbons (Fsp3) is 0.500. The fourth-order valence-corrected chi connectivity index (χ4v) is 0.929. The molecule has 0 aliphatic rings. The Morgan fingerprint density at radius 2 is 2.33 bits per heavy atom. The van der Waals surface area contributed by atoms with E-state index in [4.69, 9.17) is 5.73 Å². The highest BCUT2D eigenvalue weighted by atomic mass is 16.1. The summed E-state index contributed by atoms with van der Waals surface area (Å²) < 4.78 is 1.41. The highest BCUT2D eigenvalue weighted by molar-refractivity contribution is 5.23. The van der Waals surface area contributed by atoms with E-state index in [1.54, 1.807) is 0 Å². The minimum atomic E-state index is -0.0986. The van der Waals surface area contributed by atoms with Crippen LogP contribution in [0.5, 0.6) is 0 Å². The molecule has 2 N–H and O–H groups in total. The molecule has 1 aromatic heterocycles. The average molecular weight is 167 g/mol. The molecule has 0 spiro atoms. The van der Waals surface area contributed by atoms with Gasteiger partial charge in [-0.15, -0.1) is 0 Å². The van der Waals surface area contributed by atoms with Gasteiger partial charge in [-0.05, 0) is 19.4 Å². The Balaban J connectivity index is 3.13. The van der Waals surface area contributed by atoms with E-state index in [1.165, 1.54) is 16.8 Å². The largest absolute Gasteiger partial charge is 0.382 e. The summed E-state index contributed by atoms with van der Waals surface area (Å²) in [6.45, 7) is 3.94. The number of hydrogen-bond acceptors (Lipinski definition) is 3. The van der Waals surface area contributed by atoms with Gasteiger partial charge in [-0.3, -0.25) is 4.79 Å². The summed E-state index contributed by atoms with van der Waals surface area (Å²) in [4.78, 5) is 11.2. The van der Waals surface area contributed by atoms with E-state index in [2.05, 4.69) is 5.10 Å². The lowest BCUT2D eigenvalue weighted by Crippen LogP contribution is -2.25. The first-order valence-electron chi connectivity index (χ1n) is 4.00. The summed E-state index contributed by atoms with van der Waals surface area (Å²) in [5, 5.41) is 3.93. The van der Waals surface area contributed by atoms with E-state index < -0.39 is 0 Å². The van der Waals surface area contributed by atoms with E-state index in [9.17, 15) is 4.79 Å². The second-order valence-electron chi connectivity index (χ2n) is 2.80. The van der Waals surface area contributed by atoms with Crippen LogP contribution in [-0.4, -0.2) is 9.78 Å². The van der Waals surface area contributed by atoms with Crippen molar-refractivity contribution in [3.05, 3.63) is 22.5 Å². The molecule has 1 heterocycles. The standard InChI is InChI=1S/C8H13N3O/c1-3-6(2)11-8(12)5-4-7(9)10-11/h4-6H,3H2,1-2H3,(H2,9,10). The molecular weight excluding hydrogens is 154 g/mol. The Labute approximate surface area is 71.0 Å². The third-order valence-corrected chi connectivity index (χ3v) is 1.85. The zero-order valence-electron chi connectivity index (χ0n) is 7.32. The SMILES string of the molecule is CCC(C)n1nc(N)ccc1=O. The molecule has 12 heavy (non-hydrogen) atoms. The Bertz CT molecular complexity index is 318. The Hall–Kier alpha value is -1.32. The number of anilines is 1. The second kappa shape index (κ2) is 3.38. The Kier molecular flexibility index (Phi) is 2.47. The minimum absolute atomic E-state index is 0.0986. The molecule has 0 aliphatic carbocycles. The van der Waals surface area contributed by atoms with Gasteiger partial charge < -0.3 is 5.73 Å². The lowest BCUT2D eigenvalue weighted by molar-refractivity contribution is 0.456. The maximum atomic E-state index is 11.2. The second-order valence-corrected chi connectivity index (χ2v) is 2.80. The number of hydrogen-bond donors (Lipinski definition) is 1. The molecule has 0 bridgehead atoms. The van der Waals surface area contributed by atoms with Gasteiger partial charge in [0.1, 0.15) is 5.82 Å². The first kappa shape index (κ1) is 8.77. The van der Waals surface area contributed by atoms with Crippen molar-refractivity contribution >= 4 is 5.82 Å². The summed E-state index contributed by atoms with van der Waals surface area (Å²) in [7, 11) is 0. The van der Waals surface area contributed by atoms with E-state index in [0.29, 0.717) is 5.82 Å². The maximum absolute atomic E-state index is 11.2. The molecular formula is C8H13N3O. The summed E-state index contributed by atoms with van der Waals surface area (Å²) in [6, 6.07) is 3.07. The van der Waals surface area contributed by atoms with Crippen LogP contribution in [0.15, 0.2) is 16.9 Å². The van der Waals surface area contributed by atoms with Crippen molar-refractivity contribution in [2.45, 2.75) is 26.3 Å². The van der Waals surface area contributed by atoms with Crippen LogP contribution in [0.25, 0.3) is 0 Å². The topological polar surface area (TPSA) is 60.9 Å². The van der Waals surface area contributed by atoms with Gasteiger partial charge in [0.15, 0.2) is 0 Å². The van der Waals surface area contributed by atoms with Crippen LogP contribution in [0.4, 0.5) is 5.82 Å². The number of aromatic nitrogens is 2. The molecule has 0 aromatic carbocycles. The van der Waals surface area contributed by atoms with Crippen LogP contribution < -0.4 is 11.3 Å². The quantitative estimate of drug-likeness (QED) is 0.708. The van der Waals surface area contributed by atoms with Gasteiger partial charge >= 0.3 is 0 Å². The smallest absolute Gasteiger partial charge is 0.267 e. The number of nitrogens with zero attached hydrogens (tertiary/aromatic N) is 2. The summed E-state index contributed by atoms with van der Waals surface area (Å²) in [5.41, 5.74) is 5.35. The van der Waals surface area contributed by atoms with Gasteiger partial charge in [0.2, 0.25) is 0 Å². The maximum Gasteiger partial charge on any atom is 0.267 e. The number of nitrogen functional groups attached to an aromatic ring is 1. The van der Waals surface area contributed by atoms with Crippen molar-refractivity contribution < 1.29 is 0 Å². The monoisotopic (exact) mass is 167 g/mol. The van der Waals surface area contributed by atoms with Crippen molar-refractivity contribution in [1.82, 2.24) is 9.78 Å². The minimum Gasteiger partial charge on any atom is -0.382 e. The van der Waals surface area contributed by atoms with Crippen LogP contribution in [-0.2, 0) is 0 Å². The molecule has 0 amide bonds. The molecule has 0 radical (unpaired) electrons. The van der Waals surface area contributed by atoms with Crippen LogP contribution >= 0.6 is 0 Å². The summed E-state index contributed by atoms with van der Waals surface area (Å²) in [5.74, 6) is 0.384. The Morgan fingerprint density at radius 3 is 2.92 bits per heavy atom. The number of nitrogens with two attached hydrogens (primary N) is 1. The normalized spacial score (nSPS) is 12.8. The molecule has 1 atom stereocenters. The van der Waals surface area contributed by atoms with Gasteiger partial charge in [0.05, 0.1) is 6.04 Å². The molecule has 0 saturated heterocycles. The average Bonchev–Trinajstić information content (AvgIpc) is 2.08. The molecule has 4 nitrogen and oxygen atoms in total. The van der Waals surface area contributed by atoms with E-state index in [-0.39, 0.29) is 11.6 Å². The molecule has 0 aliphatic heterocycles. The van der Waals surface area contributed by atoms with Crippen LogP contribution in [0.3, 0.4) is 0 Å². The first-order valence-corrected chi connectivity index (χ1v) is 4.00. The molecule has 1 unspecified atom stereocenters. The molecule has 0 saturated carbocycles. The highest BCUT2D eigenvalue weighted by Crippen LogP contribution is 2.04. The van der Waals surface area contributed by atoms with E-state index in [0.717, 1.165) is 6.42 Å². The Morgan fingerprint density at radius 1 is 1.67 bits per heavy atom. The predicted octanol–water partition coefficient (Wildman–Crippen LogP) is 0.796. The van der Waals surface area contributed by atoms with Gasteiger partial charge in [0, 0.05) is 6.07 Å². The molecule has 66 valence electrons. The zero-order chi connectivity index (χ0) is 9.14. The first-order chi connectivity index (χ1) is 5.65. The summed E-state index contributed by atoms with van der Waals surface area (Å²) >= 11 is 0. The third kappa shape index (κ3) is 1.64. The van der Waals surface area contributed by atoms with Crippen molar-refractivity contribution in [2.24, 2.45) is 0 Å². The van der Waals surface area contributed by atoms with Gasteiger partial charge in [-0.1, -0.05) is 6.92 Å². The van der Waals surface area contributed by atoms with Crippen LogP contribution in [0, 0.1) is 0 Å². The van der Waals surface area contributed by atoms with Crippen molar-refractivity contribution in [3.63, 3.8) is 0 Å². The predicted molar refractivity (Wildman–Crippen MR) is 47.9 cm³/mol. The van der Waals surface area contributed by atoms with E-state index >= 15 is 0 Å². The lowest BCUT2D eigenvalue weighted by Gasteiger charge is -2.10. The van der Waals surface area contributed by atoms with Gasteiger partial charge in [-0.25, -0.2) is 4.68 Å². The molecule has 0 fully saturated rings. The van der Waals surface area contributed by atoms with E-state index in [1.807, 2.05) is 13.8 Å². The fourth-order valence-electron chi connectivity index (χ4n) is 0.929. The third-order valence-electron chi connectivity index (χ3n) is 1.85. The van der Waals surface area contributed by atoms with Crippen molar-refractivity contribution in [1.29, 1.82) is 0 Å². The molecule has 1 aromatic rings. The lowest BCUT2D eigenvalue weighted by atomic mass is 10.3. The van der Waals surface area contributed by atoms with Crippen molar-refractivity contribution in [2.75, 3.05) is 5.73 Å². The van der Waals surface area contributed by atoms with Crippen molar-refractivity contribution in [3.8, 4) is 0 Å². The zero-order valence-corrected chi connectivity index (χ0v) is 7.32. The molecule has 4 heteroatoms. The van der Waals surface area contributed by atoms with Crippen LogP contribution in [0.1, 0.15) is 26.3 Å². The number of rotatable bonds is 2.